The van der Waals surface area contributed by atoms with E-state index in [4.69, 9.17) is 9.15 Å². The van der Waals surface area contributed by atoms with Gasteiger partial charge in [-0.05, 0) is 38.1 Å². The molecule has 1 N–H and O–H groups in total. The first-order valence-corrected chi connectivity index (χ1v) is 7.45. The molecule has 2 aromatic carbocycles. The molecule has 0 bridgehead atoms. The SMILES string of the molecule is Cc1ccc(NC(=O)C(C)OC(=O)c2cccc3ocnc23)cc1. The van der Waals surface area contributed by atoms with Crippen LogP contribution in [0.2, 0.25) is 0 Å². The van der Waals surface area contributed by atoms with Crippen molar-refractivity contribution in [2.24, 2.45) is 0 Å². The van der Waals surface area contributed by atoms with Crippen LogP contribution in [0.25, 0.3) is 11.1 Å². The zero-order valence-corrected chi connectivity index (χ0v) is 13.3. The molecule has 0 saturated heterocycles. The lowest BCUT2D eigenvalue weighted by atomic mass is 10.2. The zero-order valence-electron chi connectivity index (χ0n) is 13.3. The number of amides is 1. The van der Waals surface area contributed by atoms with Crippen LogP contribution in [0, 0.1) is 6.92 Å². The molecule has 6 nitrogen and oxygen atoms in total. The number of carbonyl (C=O) groups excluding carboxylic acids is 2. The number of hydrogen-bond acceptors (Lipinski definition) is 5. The van der Waals surface area contributed by atoms with Crippen molar-refractivity contribution >= 4 is 28.7 Å². The number of esters is 1. The standard InChI is InChI=1S/C18H16N2O4/c1-11-6-8-13(9-7-11)20-17(21)12(2)24-18(22)14-4-3-5-15-16(14)19-10-23-15/h3-10,12H,1-2H3,(H,20,21). The second kappa shape index (κ2) is 6.54. The first-order chi connectivity index (χ1) is 11.5. The molecule has 0 spiro atoms. The number of nitrogens with zero attached hydrogens (tertiary/aromatic N) is 1. The predicted molar refractivity (Wildman–Crippen MR) is 88.7 cm³/mol. The Labute approximate surface area is 138 Å². The molecule has 0 saturated carbocycles. The Morgan fingerprint density at radius 1 is 1.17 bits per heavy atom. The number of oxazole rings is 1. The highest BCUT2D eigenvalue weighted by molar-refractivity contribution is 6.03. The lowest BCUT2D eigenvalue weighted by Gasteiger charge is -2.13. The van der Waals surface area contributed by atoms with E-state index >= 15 is 0 Å². The van der Waals surface area contributed by atoms with Crippen LogP contribution in [0.15, 0.2) is 53.3 Å². The summed E-state index contributed by atoms with van der Waals surface area (Å²) in [6.45, 7) is 3.48. The van der Waals surface area contributed by atoms with Gasteiger partial charge in [-0.1, -0.05) is 23.8 Å². The van der Waals surface area contributed by atoms with Crippen LogP contribution in [0.3, 0.4) is 0 Å². The van der Waals surface area contributed by atoms with E-state index in [0.29, 0.717) is 16.8 Å². The third-order valence-corrected chi connectivity index (χ3v) is 3.55. The topological polar surface area (TPSA) is 81.4 Å². The van der Waals surface area contributed by atoms with Gasteiger partial charge in [-0.15, -0.1) is 0 Å². The fourth-order valence-corrected chi connectivity index (χ4v) is 2.21. The number of anilines is 1. The molecule has 1 amide bonds. The molecule has 24 heavy (non-hydrogen) atoms. The summed E-state index contributed by atoms with van der Waals surface area (Å²) in [7, 11) is 0. The van der Waals surface area contributed by atoms with Gasteiger partial charge in [-0.2, -0.15) is 0 Å². The predicted octanol–water partition coefficient (Wildman–Crippen LogP) is 3.32. The number of aryl methyl sites for hydroxylation is 1. The van der Waals surface area contributed by atoms with E-state index in [9.17, 15) is 9.59 Å². The van der Waals surface area contributed by atoms with Gasteiger partial charge in [0, 0.05) is 5.69 Å². The molecule has 1 aromatic heterocycles. The van der Waals surface area contributed by atoms with E-state index in [-0.39, 0.29) is 5.56 Å². The van der Waals surface area contributed by atoms with Crippen LogP contribution < -0.4 is 5.32 Å². The van der Waals surface area contributed by atoms with Crippen molar-refractivity contribution in [3.63, 3.8) is 0 Å². The smallest absolute Gasteiger partial charge is 0.341 e. The molecule has 0 aliphatic carbocycles. The fourth-order valence-electron chi connectivity index (χ4n) is 2.21. The minimum Gasteiger partial charge on any atom is -0.449 e. The number of carbonyl (C=O) groups is 2. The van der Waals surface area contributed by atoms with Crippen LogP contribution in [0.5, 0.6) is 0 Å². The average molecular weight is 324 g/mol. The number of aromatic nitrogens is 1. The number of para-hydroxylation sites is 1. The molecule has 6 heteroatoms. The van der Waals surface area contributed by atoms with Crippen molar-refractivity contribution in [2.75, 3.05) is 5.32 Å². The maximum Gasteiger partial charge on any atom is 0.341 e. The summed E-state index contributed by atoms with van der Waals surface area (Å²) >= 11 is 0. The van der Waals surface area contributed by atoms with E-state index in [0.717, 1.165) is 5.56 Å². The molecular formula is C18H16N2O4. The van der Waals surface area contributed by atoms with Gasteiger partial charge in [-0.3, -0.25) is 4.79 Å². The van der Waals surface area contributed by atoms with Gasteiger partial charge in [0.1, 0.15) is 5.52 Å². The van der Waals surface area contributed by atoms with E-state index in [2.05, 4.69) is 10.3 Å². The van der Waals surface area contributed by atoms with Gasteiger partial charge < -0.3 is 14.5 Å². The molecule has 3 rings (SSSR count). The molecule has 1 heterocycles. The van der Waals surface area contributed by atoms with Gasteiger partial charge in [0.15, 0.2) is 18.1 Å². The van der Waals surface area contributed by atoms with E-state index in [1.807, 2.05) is 19.1 Å². The van der Waals surface area contributed by atoms with Crippen molar-refractivity contribution in [1.29, 1.82) is 0 Å². The Balaban J connectivity index is 1.68. The van der Waals surface area contributed by atoms with Crippen LogP contribution in [0.4, 0.5) is 5.69 Å². The van der Waals surface area contributed by atoms with Gasteiger partial charge in [0.2, 0.25) is 0 Å². The highest BCUT2D eigenvalue weighted by Gasteiger charge is 2.21. The highest BCUT2D eigenvalue weighted by atomic mass is 16.5. The molecule has 3 aromatic rings. The monoisotopic (exact) mass is 324 g/mol. The second-order valence-corrected chi connectivity index (χ2v) is 5.41. The van der Waals surface area contributed by atoms with Crippen molar-refractivity contribution in [3.05, 3.63) is 60.0 Å². The summed E-state index contributed by atoms with van der Waals surface area (Å²) in [5.74, 6) is -1.03. The van der Waals surface area contributed by atoms with Crippen LogP contribution >= 0.6 is 0 Å². The lowest BCUT2D eigenvalue weighted by Crippen LogP contribution is -2.30. The van der Waals surface area contributed by atoms with Crippen molar-refractivity contribution in [2.45, 2.75) is 20.0 Å². The van der Waals surface area contributed by atoms with Gasteiger partial charge >= 0.3 is 5.97 Å². The number of benzene rings is 2. The molecular weight excluding hydrogens is 308 g/mol. The third kappa shape index (κ3) is 3.27. The Bertz CT molecular complexity index is 883. The van der Waals surface area contributed by atoms with Crippen LogP contribution in [-0.4, -0.2) is 23.0 Å². The molecule has 0 radical (unpaired) electrons. The van der Waals surface area contributed by atoms with Crippen LogP contribution in [-0.2, 0) is 9.53 Å². The van der Waals surface area contributed by atoms with Crippen molar-refractivity contribution < 1.29 is 18.7 Å². The third-order valence-electron chi connectivity index (χ3n) is 3.55. The van der Waals surface area contributed by atoms with Crippen LogP contribution in [0.1, 0.15) is 22.8 Å². The van der Waals surface area contributed by atoms with Gasteiger partial charge in [0.25, 0.3) is 5.91 Å². The Hall–Kier alpha value is -3.15. The highest BCUT2D eigenvalue weighted by Crippen LogP contribution is 2.18. The summed E-state index contributed by atoms with van der Waals surface area (Å²) in [5.41, 5.74) is 2.89. The van der Waals surface area contributed by atoms with E-state index < -0.39 is 18.0 Å². The number of ether oxygens (including phenoxy) is 1. The molecule has 0 aliphatic rings. The maximum absolute atomic E-state index is 12.3. The Kier molecular flexibility index (Phi) is 4.29. The maximum atomic E-state index is 12.3. The Morgan fingerprint density at radius 3 is 2.67 bits per heavy atom. The van der Waals surface area contributed by atoms with Crippen molar-refractivity contribution in [1.82, 2.24) is 4.98 Å². The molecule has 0 aliphatic heterocycles. The average Bonchev–Trinajstić information content (AvgIpc) is 3.05. The van der Waals surface area contributed by atoms with E-state index in [1.165, 1.54) is 13.3 Å². The summed E-state index contributed by atoms with van der Waals surface area (Å²) in [4.78, 5) is 28.4. The number of fused-ring (bicyclic) bond motifs is 1. The van der Waals surface area contributed by atoms with Gasteiger partial charge in [0.05, 0.1) is 5.56 Å². The molecule has 122 valence electrons. The van der Waals surface area contributed by atoms with Crippen molar-refractivity contribution in [3.8, 4) is 0 Å². The van der Waals surface area contributed by atoms with Gasteiger partial charge in [-0.25, -0.2) is 9.78 Å². The number of nitrogens with one attached hydrogen (secondary N) is 1. The van der Waals surface area contributed by atoms with E-state index in [1.54, 1.807) is 30.3 Å². The first-order valence-electron chi connectivity index (χ1n) is 7.45. The summed E-state index contributed by atoms with van der Waals surface area (Å²) in [6, 6.07) is 12.3. The fraction of sp³-hybridized carbons (Fsp3) is 0.167. The molecule has 1 unspecified atom stereocenters. The summed E-state index contributed by atoms with van der Waals surface area (Å²) in [6.07, 6.45) is 0.315. The Morgan fingerprint density at radius 2 is 1.92 bits per heavy atom. The number of rotatable bonds is 4. The lowest BCUT2D eigenvalue weighted by molar-refractivity contribution is -0.123. The molecule has 1 atom stereocenters. The minimum atomic E-state index is -0.944. The molecule has 0 fully saturated rings. The second-order valence-electron chi connectivity index (χ2n) is 5.41. The first kappa shape index (κ1) is 15.7. The zero-order chi connectivity index (χ0) is 17.1. The summed E-state index contributed by atoms with van der Waals surface area (Å²) < 4.78 is 10.4. The largest absolute Gasteiger partial charge is 0.449 e. The number of hydrogen-bond donors (Lipinski definition) is 1. The minimum absolute atomic E-state index is 0.260. The quantitative estimate of drug-likeness (QED) is 0.745. The summed E-state index contributed by atoms with van der Waals surface area (Å²) in [5, 5.41) is 2.71. The normalized spacial score (nSPS) is 11.9.